The third kappa shape index (κ3) is 4.41. The molecule has 0 aromatic rings. The maximum Gasteiger partial charge on any atom is 0.316 e. The van der Waals surface area contributed by atoms with Crippen LogP contribution in [0.5, 0.6) is 0 Å². The molecule has 0 aromatic heterocycles. The van der Waals surface area contributed by atoms with Gasteiger partial charge in [-0.15, -0.1) is 0 Å². The molecule has 0 heterocycles. The van der Waals surface area contributed by atoms with Crippen molar-refractivity contribution in [2.24, 2.45) is 11.3 Å². The predicted octanol–water partition coefficient (Wildman–Crippen LogP) is 2.52. The van der Waals surface area contributed by atoms with Crippen molar-refractivity contribution in [2.75, 3.05) is 5.75 Å². The van der Waals surface area contributed by atoms with Gasteiger partial charge in [-0.05, 0) is 24.0 Å². The minimum atomic E-state index is -1.04. The van der Waals surface area contributed by atoms with Crippen molar-refractivity contribution in [3.63, 3.8) is 0 Å². The molecule has 3 unspecified atom stereocenters. The van der Waals surface area contributed by atoms with E-state index in [-0.39, 0.29) is 11.9 Å². The highest BCUT2D eigenvalue weighted by atomic mass is 32.2. The first-order valence-corrected chi connectivity index (χ1v) is 7.97. The Bertz CT molecular complexity index is 338. The van der Waals surface area contributed by atoms with Crippen molar-refractivity contribution < 1.29 is 14.7 Å². The van der Waals surface area contributed by atoms with Crippen LogP contribution in [0.3, 0.4) is 0 Å². The average molecular weight is 287 g/mol. The average Bonchev–Trinajstić information content (AvgIpc) is 2.63. The zero-order valence-corrected chi connectivity index (χ0v) is 13.0. The largest absolute Gasteiger partial charge is 0.481 e. The molecule has 2 N–H and O–H groups in total. The number of amides is 1. The molecule has 110 valence electrons. The molecule has 5 heteroatoms. The molecule has 19 heavy (non-hydrogen) atoms. The second-order valence-corrected chi connectivity index (χ2v) is 7.69. The van der Waals surface area contributed by atoms with Crippen molar-refractivity contribution >= 4 is 23.6 Å². The van der Waals surface area contributed by atoms with Gasteiger partial charge in [0, 0.05) is 11.3 Å². The van der Waals surface area contributed by atoms with Crippen molar-refractivity contribution in [2.45, 2.75) is 58.2 Å². The van der Waals surface area contributed by atoms with E-state index < -0.39 is 17.3 Å². The van der Waals surface area contributed by atoms with Crippen LogP contribution in [0.15, 0.2) is 0 Å². The first kappa shape index (κ1) is 16.3. The molecule has 0 radical (unpaired) electrons. The molecule has 1 aliphatic rings. The lowest BCUT2D eigenvalue weighted by Gasteiger charge is -2.28. The van der Waals surface area contributed by atoms with Crippen molar-refractivity contribution in [1.82, 2.24) is 5.32 Å². The fourth-order valence-electron chi connectivity index (χ4n) is 2.65. The summed E-state index contributed by atoms with van der Waals surface area (Å²) in [5.74, 6) is -1.34. The quantitative estimate of drug-likeness (QED) is 0.763. The standard InChI is InChI=1S/C14H25NO3S/c1-5-19-10-8-6-7-9(10)15-12(16)11(13(17)18)14(2,3)4/h9-11H,5-8H2,1-4H3,(H,15,16)(H,17,18). The molecule has 1 fully saturated rings. The zero-order chi connectivity index (χ0) is 14.6. The van der Waals surface area contributed by atoms with Gasteiger partial charge in [0.1, 0.15) is 5.92 Å². The van der Waals surface area contributed by atoms with Crippen LogP contribution in [0, 0.1) is 11.3 Å². The van der Waals surface area contributed by atoms with E-state index >= 15 is 0 Å². The molecule has 4 nitrogen and oxygen atoms in total. The highest BCUT2D eigenvalue weighted by Crippen LogP contribution is 2.31. The number of carboxylic acids is 1. The van der Waals surface area contributed by atoms with E-state index in [1.54, 1.807) is 20.8 Å². The van der Waals surface area contributed by atoms with Crippen LogP contribution in [-0.4, -0.2) is 34.0 Å². The van der Waals surface area contributed by atoms with Crippen molar-refractivity contribution in [1.29, 1.82) is 0 Å². The molecule has 1 aliphatic carbocycles. The number of hydrogen-bond acceptors (Lipinski definition) is 3. The lowest BCUT2D eigenvalue weighted by Crippen LogP contribution is -2.48. The molecular formula is C14H25NO3S. The highest BCUT2D eigenvalue weighted by Gasteiger charge is 2.39. The van der Waals surface area contributed by atoms with Crippen LogP contribution in [0.2, 0.25) is 0 Å². The lowest BCUT2D eigenvalue weighted by molar-refractivity contribution is -0.151. The summed E-state index contributed by atoms with van der Waals surface area (Å²) >= 11 is 1.85. The molecule has 0 aromatic carbocycles. The Balaban J connectivity index is 2.69. The van der Waals surface area contributed by atoms with Crippen molar-refractivity contribution in [3.05, 3.63) is 0 Å². The summed E-state index contributed by atoms with van der Waals surface area (Å²) in [6.45, 7) is 7.48. The highest BCUT2D eigenvalue weighted by molar-refractivity contribution is 7.99. The van der Waals surface area contributed by atoms with E-state index in [0.29, 0.717) is 5.25 Å². The smallest absolute Gasteiger partial charge is 0.316 e. The summed E-state index contributed by atoms with van der Waals surface area (Å²) in [7, 11) is 0. The van der Waals surface area contributed by atoms with Crippen molar-refractivity contribution in [3.8, 4) is 0 Å². The van der Waals surface area contributed by atoms with Crippen LogP contribution in [0.4, 0.5) is 0 Å². The van der Waals surface area contributed by atoms with Gasteiger partial charge < -0.3 is 10.4 Å². The van der Waals surface area contributed by atoms with Crippen LogP contribution in [0.25, 0.3) is 0 Å². The number of rotatable bonds is 5. The Morgan fingerprint density at radius 3 is 2.47 bits per heavy atom. The number of thioether (sulfide) groups is 1. The Morgan fingerprint density at radius 1 is 1.37 bits per heavy atom. The summed E-state index contributed by atoms with van der Waals surface area (Å²) in [6.07, 6.45) is 3.17. The van der Waals surface area contributed by atoms with E-state index in [9.17, 15) is 14.7 Å². The normalized spacial score (nSPS) is 25.1. The van der Waals surface area contributed by atoms with E-state index in [4.69, 9.17) is 0 Å². The zero-order valence-electron chi connectivity index (χ0n) is 12.2. The Morgan fingerprint density at radius 2 is 2.00 bits per heavy atom. The fourth-order valence-corrected chi connectivity index (χ4v) is 3.84. The molecular weight excluding hydrogens is 262 g/mol. The first-order chi connectivity index (χ1) is 8.77. The summed E-state index contributed by atoms with van der Waals surface area (Å²) in [6, 6.07) is 0.127. The molecule has 3 atom stereocenters. The maximum absolute atomic E-state index is 12.2. The van der Waals surface area contributed by atoms with Gasteiger partial charge in [0.15, 0.2) is 0 Å². The van der Waals surface area contributed by atoms with E-state index in [1.165, 1.54) is 0 Å². The summed E-state index contributed by atoms with van der Waals surface area (Å²) in [4.78, 5) is 23.5. The Kier molecular flexibility index (Phi) is 5.71. The Labute approximate surface area is 119 Å². The van der Waals surface area contributed by atoms with Gasteiger partial charge in [-0.1, -0.05) is 34.1 Å². The first-order valence-electron chi connectivity index (χ1n) is 6.92. The number of nitrogens with one attached hydrogen (secondary N) is 1. The van der Waals surface area contributed by atoms with Gasteiger partial charge in [-0.2, -0.15) is 11.8 Å². The second kappa shape index (κ2) is 6.64. The van der Waals surface area contributed by atoms with Gasteiger partial charge >= 0.3 is 5.97 Å². The van der Waals surface area contributed by atoms with E-state index in [0.717, 1.165) is 25.0 Å². The molecule has 0 spiro atoms. The SMILES string of the molecule is CCSC1CCCC1NC(=O)C(C(=O)O)C(C)(C)C. The number of aliphatic carboxylic acids is 1. The molecule has 0 bridgehead atoms. The fraction of sp³-hybridized carbons (Fsp3) is 0.857. The van der Waals surface area contributed by atoms with E-state index in [2.05, 4.69) is 12.2 Å². The summed E-state index contributed by atoms with van der Waals surface area (Å²) in [5.41, 5.74) is -0.568. The maximum atomic E-state index is 12.2. The van der Waals surface area contributed by atoms with E-state index in [1.807, 2.05) is 11.8 Å². The number of carboxylic acid groups (broad SMARTS) is 1. The third-order valence-electron chi connectivity index (χ3n) is 3.54. The van der Waals surface area contributed by atoms with Crippen LogP contribution < -0.4 is 5.32 Å². The molecule has 1 saturated carbocycles. The number of carbonyl (C=O) groups is 2. The minimum absolute atomic E-state index is 0.127. The second-order valence-electron chi connectivity index (χ2n) is 6.18. The molecule has 0 aliphatic heterocycles. The third-order valence-corrected chi connectivity index (χ3v) is 4.86. The van der Waals surface area contributed by atoms with Gasteiger partial charge in [0.05, 0.1) is 0 Å². The van der Waals surface area contributed by atoms with Gasteiger partial charge in [-0.3, -0.25) is 9.59 Å². The summed E-state index contributed by atoms with van der Waals surface area (Å²) < 4.78 is 0. The monoisotopic (exact) mass is 287 g/mol. The summed E-state index contributed by atoms with van der Waals surface area (Å²) in [5, 5.41) is 12.7. The molecule has 0 saturated heterocycles. The van der Waals surface area contributed by atoms with Gasteiger partial charge in [-0.25, -0.2) is 0 Å². The topological polar surface area (TPSA) is 66.4 Å². The Hall–Kier alpha value is -0.710. The lowest BCUT2D eigenvalue weighted by atomic mass is 9.80. The minimum Gasteiger partial charge on any atom is -0.481 e. The predicted molar refractivity (Wildman–Crippen MR) is 78.3 cm³/mol. The van der Waals surface area contributed by atoms with Crippen LogP contribution >= 0.6 is 11.8 Å². The molecule has 1 amide bonds. The van der Waals surface area contributed by atoms with Crippen LogP contribution in [0.1, 0.15) is 47.0 Å². The number of hydrogen-bond donors (Lipinski definition) is 2. The van der Waals surface area contributed by atoms with Gasteiger partial charge in [0.25, 0.3) is 0 Å². The van der Waals surface area contributed by atoms with Gasteiger partial charge in [0.2, 0.25) is 5.91 Å². The molecule has 1 rings (SSSR count). The van der Waals surface area contributed by atoms with Crippen LogP contribution in [-0.2, 0) is 9.59 Å². The number of carbonyl (C=O) groups excluding carboxylic acids is 1.